The Morgan fingerprint density at radius 2 is 1.58 bits per heavy atom. The van der Waals surface area contributed by atoms with Crippen LogP contribution in [0.15, 0.2) is 67.8 Å². The van der Waals surface area contributed by atoms with Crippen LogP contribution in [0.4, 0.5) is 0 Å². The third-order valence-electron chi connectivity index (χ3n) is 3.78. The molecule has 92 valence electrons. The van der Waals surface area contributed by atoms with Crippen molar-refractivity contribution < 1.29 is 0 Å². The van der Waals surface area contributed by atoms with Crippen LogP contribution in [-0.4, -0.2) is 0 Å². The second kappa shape index (κ2) is 4.40. The van der Waals surface area contributed by atoms with E-state index in [0.717, 1.165) is 0 Å². The Bertz CT molecular complexity index is 804. The van der Waals surface area contributed by atoms with Gasteiger partial charge >= 0.3 is 0 Å². The van der Waals surface area contributed by atoms with E-state index >= 15 is 0 Å². The first-order valence-electron chi connectivity index (χ1n) is 6.47. The van der Waals surface area contributed by atoms with Gasteiger partial charge in [-0.1, -0.05) is 67.8 Å². The van der Waals surface area contributed by atoms with Crippen LogP contribution in [-0.2, 0) is 0 Å². The largest absolute Gasteiger partial charge is 0.0988 e. The van der Waals surface area contributed by atoms with Crippen LogP contribution < -0.4 is 10.4 Å². The summed E-state index contributed by atoms with van der Waals surface area (Å²) < 4.78 is 0. The molecule has 1 aliphatic rings. The smallest absolute Gasteiger partial charge is 0.00239 e. The van der Waals surface area contributed by atoms with E-state index < -0.39 is 0 Å². The topological polar surface area (TPSA) is 0 Å². The SMILES string of the molecule is C=CC1=c2c(ccc/c2=C(\C)C=C)-c2ccccc21. The molecule has 1 aliphatic carbocycles. The van der Waals surface area contributed by atoms with Crippen molar-refractivity contribution in [3.05, 3.63) is 83.8 Å². The Labute approximate surface area is 113 Å². The van der Waals surface area contributed by atoms with Gasteiger partial charge in [-0.05, 0) is 45.2 Å². The van der Waals surface area contributed by atoms with E-state index in [1.807, 2.05) is 12.2 Å². The monoisotopic (exact) mass is 244 g/mol. The van der Waals surface area contributed by atoms with Crippen molar-refractivity contribution in [3.8, 4) is 11.1 Å². The Hall–Kier alpha value is -2.34. The molecule has 3 rings (SSSR count). The van der Waals surface area contributed by atoms with Gasteiger partial charge in [0.05, 0.1) is 0 Å². The maximum atomic E-state index is 3.99. The summed E-state index contributed by atoms with van der Waals surface area (Å²) in [4.78, 5) is 0. The zero-order chi connectivity index (χ0) is 13.4. The van der Waals surface area contributed by atoms with Crippen LogP contribution in [0, 0.1) is 0 Å². The average Bonchev–Trinajstić information content (AvgIpc) is 2.80. The van der Waals surface area contributed by atoms with E-state index in [1.54, 1.807) is 0 Å². The Morgan fingerprint density at radius 1 is 0.895 bits per heavy atom. The van der Waals surface area contributed by atoms with Gasteiger partial charge < -0.3 is 0 Å². The first-order valence-corrected chi connectivity index (χ1v) is 6.47. The van der Waals surface area contributed by atoms with Gasteiger partial charge in [0.25, 0.3) is 0 Å². The maximum absolute atomic E-state index is 3.99. The van der Waals surface area contributed by atoms with Crippen molar-refractivity contribution in [2.45, 2.75) is 6.92 Å². The molecule has 0 unspecified atom stereocenters. The lowest BCUT2D eigenvalue weighted by atomic mass is 10.0. The van der Waals surface area contributed by atoms with Gasteiger partial charge in [0.2, 0.25) is 0 Å². The number of hydrogen-bond acceptors (Lipinski definition) is 0. The third-order valence-corrected chi connectivity index (χ3v) is 3.78. The first kappa shape index (κ1) is 11.7. The fourth-order valence-electron chi connectivity index (χ4n) is 2.81. The molecule has 0 heteroatoms. The molecule has 0 heterocycles. The predicted octanol–water partition coefficient (Wildman–Crippen LogP) is 3.41. The minimum absolute atomic E-state index is 1.20. The summed E-state index contributed by atoms with van der Waals surface area (Å²) in [6.45, 7) is 9.99. The van der Waals surface area contributed by atoms with E-state index in [1.165, 1.54) is 38.3 Å². The molecule has 0 bridgehead atoms. The molecule has 2 aromatic carbocycles. The normalized spacial score (nSPS) is 13.6. The van der Waals surface area contributed by atoms with E-state index in [0.29, 0.717) is 0 Å². The van der Waals surface area contributed by atoms with Crippen LogP contribution >= 0.6 is 0 Å². The van der Waals surface area contributed by atoms with Crippen molar-refractivity contribution in [2.75, 3.05) is 0 Å². The van der Waals surface area contributed by atoms with Crippen LogP contribution in [0.25, 0.3) is 22.3 Å². The zero-order valence-corrected chi connectivity index (χ0v) is 11.1. The number of hydrogen-bond donors (Lipinski definition) is 0. The van der Waals surface area contributed by atoms with Crippen LogP contribution in [0.3, 0.4) is 0 Å². The lowest BCUT2D eigenvalue weighted by Crippen LogP contribution is -2.27. The summed E-state index contributed by atoms with van der Waals surface area (Å²) in [5, 5.41) is 2.54. The quantitative estimate of drug-likeness (QED) is 0.759. The molecule has 0 saturated heterocycles. The molecule has 0 N–H and O–H groups in total. The van der Waals surface area contributed by atoms with Crippen LogP contribution in [0.2, 0.25) is 0 Å². The van der Waals surface area contributed by atoms with Gasteiger partial charge in [0, 0.05) is 0 Å². The summed E-state index contributed by atoms with van der Waals surface area (Å²) in [7, 11) is 0. The van der Waals surface area contributed by atoms with Crippen LogP contribution in [0.5, 0.6) is 0 Å². The second-order valence-corrected chi connectivity index (χ2v) is 4.78. The highest BCUT2D eigenvalue weighted by atomic mass is 14.2. The van der Waals surface area contributed by atoms with E-state index in [2.05, 4.69) is 62.5 Å². The average molecular weight is 244 g/mol. The van der Waals surface area contributed by atoms with Crippen molar-refractivity contribution in [1.29, 1.82) is 0 Å². The molecule has 0 aromatic heterocycles. The molecular formula is C19H16. The minimum Gasteiger partial charge on any atom is -0.0988 e. The van der Waals surface area contributed by atoms with Gasteiger partial charge in [-0.15, -0.1) is 0 Å². The number of allylic oxidation sites excluding steroid dienone is 2. The highest BCUT2D eigenvalue weighted by Crippen LogP contribution is 2.31. The van der Waals surface area contributed by atoms with Gasteiger partial charge in [0.1, 0.15) is 0 Å². The molecular weight excluding hydrogens is 228 g/mol. The molecule has 0 radical (unpaired) electrons. The summed E-state index contributed by atoms with van der Waals surface area (Å²) in [6, 6.07) is 15.0. The lowest BCUT2D eigenvalue weighted by Gasteiger charge is -2.00. The van der Waals surface area contributed by atoms with Gasteiger partial charge in [-0.2, -0.15) is 0 Å². The van der Waals surface area contributed by atoms with E-state index in [-0.39, 0.29) is 0 Å². The van der Waals surface area contributed by atoms with Gasteiger partial charge in [-0.3, -0.25) is 0 Å². The zero-order valence-electron chi connectivity index (χ0n) is 11.1. The third kappa shape index (κ3) is 1.61. The molecule has 0 nitrogen and oxygen atoms in total. The molecule has 0 fully saturated rings. The predicted molar refractivity (Wildman–Crippen MR) is 83.1 cm³/mol. The lowest BCUT2D eigenvalue weighted by molar-refractivity contribution is 1.48. The number of benzene rings is 2. The van der Waals surface area contributed by atoms with Gasteiger partial charge in [0.15, 0.2) is 0 Å². The maximum Gasteiger partial charge on any atom is -0.00239 e. The van der Waals surface area contributed by atoms with Crippen molar-refractivity contribution in [2.24, 2.45) is 0 Å². The number of fused-ring (bicyclic) bond motifs is 3. The van der Waals surface area contributed by atoms with Crippen molar-refractivity contribution in [3.63, 3.8) is 0 Å². The minimum atomic E-state index is 1.20. The molecule has 0 atom stereocenters. The van der Waals surface area contributed by atoms with Crippen molar-refractivity contribution >= 4 is 11.1 Å². The molecule has 0 aliphatic heterocycles. The Balaban J connectivity index is 2.60. The molecule has 0 amide bonds. The molecule has 2 aromatic rings. The highest BCUT2D eigenvalue weighted by Gasteiger charge is 2.17. The second-order valence-electron chi connectivity index (χ2n) is 4.78. The van der Waals surface area contributed by atoms with E-state index in [4.69, 9.17) is 0 Å². The fraction of sp³-hybridized carbons (Fsp3) is 0.0526. The first-order chi connectivity index (χ1) is 9.27. The highest BCUT2D eigenvalue weighted by molar-refractivity contribution is 5.93. The Morgan fingerprint density at radius 3 is 2.26 bits per heavy atom. The molecule has 0 spiro atoms. The Kier molecular flexibility index (Phi) is 2.72. The molecule has 19 heavy (non-hydrogen) atoms. The standard InChI is InChI=1S/C19H16/c1-4-13(3)15-11-8-12-18-17-10-7-6-9-16(17)14(5-2)19(15)18/h4-12H,1-2H2,3H3/b15-13-. The van der Waals surface area contributed by atoms with Gasteiger partial charge in [-0.25, -0.2) is 0 Å². The summed E-state index contributed by atoms with van der Waals surface area (Å²) in [6.07, 6.45) is 3.88. The molecule has 0 saturated carbocycles. The van der Waals surface area contributed by atoms with Crippen LogP contribution in [0.1, 0.15) is 12.5 Å². The summed E-state index contributed by atoms with van der Waals surface area (Å²) >= 11 is 0. The van der Waals surface area contributed by atoms with E-state index in [9.17, 15) is 0 Å². The van der Waals surface area contributed by atoms with Crippen molar-refractivity contribution in [1.82, 2.24) is 0 Å². The summed E-state index contributed by atoms with van der Waals surface area (Å²) in [5.41, 5.74) is 6.29. The fourth-order valence-corrected chi connectivity index (χ4v) is 2.81. The summed E-state index contributed by atoms with van der Waals surface area (Å²) in [5.74, 6) is 0. The number of rotatable bonds is 2.